The molecule has 8 rings (SSSR count). The van der Waals surface area contributed by atoms with Crippen molar-refractivity contribution in [1.29, 1.82) is 0 Å². The fraction of sp³-hybridized carbons (Fsp3) is 0.194. The van der Waals surface area contributed by atoms with Gasteiger partial charge >= 0.3 is 0 Å². The molecule has 1 aliphatic heterocycles. The van der Waals surface area contributed by atoms with Crippen LogP contribution in [0.2, 0.25) is 0 Å². The third kappa shape index (κ3) is 3.68. The van der Waals surface area contributed by atoms with E-state index in [-0.39, 0.29) is 0 Å². The summed E-state index contributed by atoms with van der Waals surface area (Å²) in [6.45, 7) is 2.24. The molecule has 0 spiro atoms. The van der Waals surface area contributed by atoms with Crippen LogP contribution in [0.15, 0.2) is 95.5 Å². The number of anilines is 2. The monoisotopic (exact) mass is 506 g/mol. The molecule has 0 amide bonds. The first kappa shape index (κ1) is 22.6. The van der Waals surface area contributed by atoms with Crippen LogP contribution < -0.4 is 5.32 Å². The Hall–Kier alpha value is -4.37. The highest BCUT2D eigenvalue weighted by molar-refractivity contribution is 6.13. The summed E-state index contributed by atoms with van der Waals surface area (Å²) in [5.74, 6) is 0.820. The molecular weight excluding hydrogens is 476 g/mol. The number of furan rings is 1. The number of nitrogens with zero attached hydrogens (tertiary/aromatic N) is 1. The van der Waals surface area contributed by atoms with Gasteiger partial charge in [-0.3, -0.25) is 4.98 Å². The van der Waals surface area contributed by atoms with Crippen molar-refractivity contribution < 1.29 is 4.42 Å². The van der Waals surface area contributed by atoms with Gasteiger partial charge in [-0.05, 0) is 77.9 Å². The van der Waals surface area contributed by atoms with E-state index in [4.69, 9.17) is 9.40 Å². The van der Waals surface area contributed by atoms with Crippen molar-refractivity contribution in [2.45, 2.75) is 39.0 Å². The number of nitrogens with one attached hydrogen (secondary N) is 1. The smallest absolute Gasteiger partial charge is 0.159 e. The molecule has 3 heterocycles. The van der Waals surface area contributed by atoms with Crippen molar-refractivity contribution in [3.05, 3.63) is 102 Å². The van der Waals surface area contributed by atoms with Gasteiger partial charge in [-0.15, -0.1) is 0 Å². The summed E-state index contributed by atoms with van der Waals surface area (Å²) in [6, 6.07) is 30.5. The highest BCUT2D eigenvalue weighted by Gasteiger charge is 2.23. The van der Waals surface area contributed by atoms with Crippen LogP contribution in [0.3, 0.4) is 0 Å². The molecule has 4 aromatic carbocycles. The van der Waals surface area contributed by atoms with Gasteiger partial charge in [0.2, 0.25) is 0 Å². The molecule has 1 aliphatic carbocycles. The predicted octanol–water partition coefficient (Wildman–Crippen LogP) is 10.1. The maximum atomic E-state index is 6.46. The van der Waals surface area contributed by atoms with E-state index < -0.39 is 0 Å². The maximum Gasteiger partial charge on any atom is 0.159 e. The van der Waals surface area contributed by atoms with E-state index in [1.165, 1.54) is 53.5 Å². The minimum Gasteiger partial charge on any atom is -0.454 e. The van der Waals surface area contributed by atoms with Gasteiger partial charge in [-0.2, -0.15) is 0 Å². The van der Waals surface area contributed by atoms with E-state index >= 15 is 0 Å². The fourth-order valence-corrected chi connectivity index (χ4v) is 6.83. The number of aromatic nitrogens is 1. The second-order valence-electron chi connectivity index (χ2n) is 11.2. The Morgan fingerprint density at radius 2 is 1.64 bits per heavy atom. The minimum atomic E-state index is 0.820. The molecule has 0 radical (unpaired) electrons. The molecule has 3 nitrogen and oxygen atoms in total. The Morgan fingerprint density at radius 3 is 2.54 bits per heavy atom. The fourth-order valence-electron chi connectivity index (χ4n) is 6.83. The van der Waals surface area contributed by atoms with Gasteiger partial charge in [0.1, 0.15) is 5.58 Å². The average molecular weight is 507 g/mol. The zero-order valence-electron chi connectivity index (χ0n) is 22.1. The van der Waals surface area contributed by atoms with E-state index in [9.17, 15) is 0 Å². The van der Waals surface area contributed by atoms with E-state index in [0.29, 0.717) is 0 Å². The summed E-state index contributed by atoms with van der Waals surface area (Å²) in [5.41, 5.74) is 13.6. The van der Waals surface area contributed by atoms with Gasteiger partial charge in [-0.1, -0.05) is 74.2 Å². The second-order valence-corrected chi connectivity index (χ2v) is 11.2. The van der Waals surface area contributed by atoms with E-state index in [0.717, 1.165) is 62.5 Å². The topological polar surface area (TPSA) is 38.1 Å². The van der Waals surface area contributed by atoms with Gasteiger partial charge in [-0.25, -0.2) is 0 Å². The Morgan fingerprint density at radius 1 is 0.795 bits per heavy atom. The van der Waals surface area contributed by atoms with Crippen LogP contribution in [0.4, 0.5) is 11.4 Å². The molecule has 1 N–H and O–H groups in total. The molecule has 2 aromatic heterocycles. The lowest BCUT2D eigenvalue weighted by Crippen LogP contribution is -2.02. The third-order valence-corrected chi connectivity index (χ3v) is 8.86. The van der Waals surface area contributed by atoms with E-state index in [1.807, 2.05) is 18.3 Å². The van der Waals surface area contributed by atoms with Crippen molar-refractivity contribution in [2.24, 2.45) is 5.92 Å². The second kappa shape index (κ2) is 8.84. The minimum absolute atomic E-state index is 0.820. The first-order valence-electron chi connectivity index (χ1n) is 14.1. The summed E-state index contributed by atoms with van der Waals surface area (Å²) >= 11 is 0. The van der Waals surface area contributed by atoms with Gasteiger partial charge in [0.25, 0.3) is 0 Å². The molecule has 2 bridgehead atoms. The number of para-hydroxylation sites is 1. The third-order valence-electron chi connectivity index (χ3n) is 8.86. The molecular formula is C36H30N2O. The van der Waals surface area contributed by atoms with Crippen LogP contribution in [0, 0.1) is 12.8 Å². The quantitative estimate of drug-likeness (QED) is 0.259. The first-order chi connectivity index (χ1) is 19.2. The zero-order chi connectivity index (χ0) is 25.9. The summed E-state index contributed by atoms with van der Waals surface area (Å²) in [5, 5.41) is 6.09. The Kier molecular flexibility index (Phi) is 5.12. The summed E-state index contributed by atoms with van der Waals surface area (Å²) < 4.78 is 6.46. The zero-order valence-corrected chi connectivity index (χ0v) is 22.1. The van der Waals surface area contributed by atoms with E-state index in [2.05, 4.69) is 85.0 Å². The number of fused-ring (bicyclic) bond motifs is 10. The maximum absolute atomic E-state index is 6.46. The van der Waals surface area contributed by atoms with Gasteiger partial charge in [0, 0.05) is 39.3 Å². The molecule has 0 unspecified atom stereocenters. The summed E-state index contributed by atoms with van der Waals surface area (Å²) in [4.78, 5) is 4.79. The lowest BCUT2D eigenvalue weighted by molar-refractivity contribution is 0.546. The van der Waals surface area contributed by atoms with Crippen LogP contribution in [0.1, 0.15) is 36.8 Å². The Bertz CT molecular complexity index is 1890. The van der Waals surface area contributed by atoms with Gasteiger partial charge in [0.05, 0.1) is 11.4 Å². The van der Waals surface area contributed by atoms with Crippen molar-refractivity contribution in [2.75, 3.05) is 5.32 Å². The molecule has 1 fully saturated rings. The Balaban J connectivity index is 1.29. The summed E-state index contributed by atoms with van der Waals surface area (Å²) in [6.07, 6.45) is 8.61. The first-order valence-corrected chi connectivity index (χ1v) is 14.1. The highest BCUT2D eigenvalue weighted by Crippen LogP contribution is 2.47. The Labute approximate surface area is 228 Å². The molecule has 1 saturated carbocycles. The number of rotatable bonds is 3. The van der Waals surface area contributed by atoms with Crippen molar-refractivity contribution >= 4 is 33.3 Å². The molecule has 0 saturated heterocycles. The molecule has 2 aliphatic rings. The van der Waals surface area contributed by atoms with Crippen LogP contribution in [0.25, 0.3) is 55.4 Å². The normalized spacial score (nSPS) is 14.6. The van der Waals surface area contributed by atoms with Crippen LogP contribution in [-0.4, -0.2) is 4.98 Å². The standard InChI is InChI=1S/C36H30N2O/c1-22-26-10-6-11-27(22)31-21-25(33-20-24(17-18-37-33)19-23-7-2-3-8-23)13-16-32(31)38-35-29(26)14-15-30-28-9-4-5-12-34(28)39-36(30)35/h4-6,9-18,20-21,23,38H,2-3,7-8,19H2,1H3. The molecule has 0 atom stereocenters. The molecule has 190 valence electrons. The molecule has 39 heavy (non-hydrogen) atoms. The van der Waals surface area contributed by atoms with Crippen LogP contribution >= 0.6 is 0 Å². The van der Waals surface area contributed by atoms with Crippen LogP contribution in [0.5, 0.6) is 0 Å². The highest BCUT2D eigenvalue weighted by atomic mass is 16.3. The largest absolute Gasteiger partial charge is 0.454 e. The van der Waals surface area contributed by atoms with E-state index in [1.54, 1.807) is 0 Å². The lowest BCUT2D eigenvalue weighted by Gasteiger charge is -2.23. The predicted molar refractivity (Wildman–Crippen MR) is 162 cm³/mol. The van der Waals surface area contributed by atoms with Gasteiger partial charge < -0.3 is 9.73 Å². The van der Waals surface area contributed by atoms with Gasteiger partial charge in [0.15, 0.2) is 5.58 Å². The molecule has 6 aromatic rings. The number of pyridine rings is 1. The number of hydrogen-bond donors (Lipinski definition) is 1. The van der Waals surface area contributed by atoms with Crippen molar-refractivity contribution in [1.82, 2.24) is 4.98 Å². The SMILES string of the molecule is Cc1c2cccc1-c1ccc3c(oc4ccccc43)c1Nc1ccc(-c3cc(CC4CCCC4)ccn3)cc1-2. The average Bonchev–Trinajstić information content (AvgIpc) is 3.62. The number of benzene rings is 4. The summed E-state index contributed by atoms with van der Waals surface area (Å²) in [7, 11) is 0. The van der Waals surface area contributed by atoms with Crippen LogP contribution in [-0.2, 0) is 6.42 Å². The number of hydrogen-bond acceptors (Lipinski definition) is 3. The molecule has 3 heteroatoms. The van der Waals surface area contributed by atoms with Crippen molar-refractivity contribution in [3.8, 4) is 33.5 Å². The lowest BCUT2D eigenvalue weighted by atomic mass is 9.88. The van der Waals surface area contributed by atoms with Crippen molar-refractivity contribution in [3.63, 3.8) is 0 Å².